The summed E-state index contributed by atoms with van der Waals surface area (Å²) >= 11 is 0. The number of hydrogen-bond donors (Lipinski definition) is 0. The number of carbonyl (C=O) groups excluding carboxylic acids is 1. The summed E-state index contributed by atoms with van der Waals surface area (Å²) in [5, 5.41) is 0. The van der Waals surface area contributed by atoms with Crippen molar-refractivity contribution in [2.45, 2.75) is 46.7 Å². The van der Waals surface area contributed by atoms with Crippen LogP contribution in [0.25, 0.3) is 0 Å². The molecule has 1 aromatic rings. The van der Waals surface area contributed by atoms with Crippen LogP contribution in [0.15, 0.2) is 17.3 Å². The third-order valence-electron chi connectivity index (χ3n) is 3.45. The topological polar surface area (TPSA) is 54.8 Å². The van der Waals surface area contributed by atoms with Crippen LogP contribution in [0.5, 0.6) is 0 Å². The predicted octanol–water partition coefficient (Wildman–Crippen LogP) is 1.44. The van der Waals surface area contributed by atoms with Crippen molar-refractivity contribution in [1.82, 2.24) is 9.88 Å². The zero-order valence-corrected chi connectivity index (χ0v) is 13.4. The van der Waals surface area contributed by atoms with Crippen LogP contribution in [-0.4, -0.2) is 47.6 Å². The zero-order valence-electron chi connectivity index (χ0n) is 13.4. The van der Waals surface area contributed by atoms with Crippen LogP contribution in [0, 0.1) is 0 Å². The summed E-state index contributed by atoms with van der Waals surface area (Å²) in [5.74, 6) is 0.384. The minimum absolute atomic E-state index is 0.328. The Hall–Kier alpha value is -1.85. The first-order valence-corrected chi connectivity index (χ1v) is 7.46. The zero-order chi connectivity index (χ0) is 15.6. The molecule has 0 spiro atoms. The first kappa shape index (κ1) is 15.5. The molecule has 0 aliphatic carbocycles. The summed E-state index contributed by atoms with van der Waals surface area (Å²) in [7, 11) is 0.714. The van der Waals surface area contributed by atoms with E-state index in [1.807, 2.05) is 6.07 Å². The number of aliphatic imine (C=N–C) groups is 1. The number of nitrogens with zero attached hydrogens (tertiary/aromatic N) is 3. The quantitative estimate of drug-likeness (QED) is 0.621. The number of fused-ring (bicyclic) bond motifs is 1. The number of pyridine rings is 1. The number of rotatable bonds is 4. The van der Waals surface area contributed by atoms with E-state index < -0.39 is 0 Å². The van der Waals surface area contributed by atoms with Crippen LogP contribution in [0.3, 0.4) is 0 Å². The Morgan fingerprint density at radius 2 is 2.00 bits per heavy atom. The highest BCUT2D eigenvalue weighted by molar-refractivity contribution is 6.87. The fourth-order valence-corrected chi connectivity index (χ4v) is 2.73. The molecule has 6 heteroatoms. The van der Waals surface area contributed by atoms with Gasteiger partial charge >= 0.3 is 5.97 Å². The monoisotopic (exact) mass is 287 g/mol. The molecule has 0 saturated heterocycles. The van der Waals surface area contributed by atoms with Crippen molar-refractivity contribution in [3.8, 4) is 0 Å². The molecule has 1 aliphatic heterocycles. The van der Waals surface area contributed by atoms with Crippen molar-refractivity contribution in [1.29, 1.82) is 0 Å². The molecule has 0 aromatic carbocycles. The molecule has 5 nitrogen and oxygen atoms in total. The van der Waals surface area contributed by atoms with Crippen LogP contribution in [0.4, 0.5) is 5.82 Å². The van der Waals surface area contributed by atoms with E-state index in [4.69, 9.17) is 4.74 Å². The van der Waals surface area contributed by atoms with Gasteiger partial charge in [0.25, 0.3) is 0 Å². The molecule has 1 aromatic heterocycles. The maximum absolute atomic E-state index is 11.8. The summed E-state index contributed by atoms with van der Waals surface area (Å²) in [6, 6.07) is 2.60. The highest BCUT2D eigenvalue weighted by Crippen LogP contribution is 2.17. The van der Waals surface area contributed by atoms with Crippen LogP contribution >= 0.6 is 0 Å². The average molecular weight is 287 g/mol. The van der Waals surface area contributed by atoms with E-state index in [2.05, 4.69) is 42.6 Å². The molecule has 0 bridgehead atoms. The molecule has 0 fully saturated rings. The SMILES string of the molecule is CCOC(=O)c1cnc2c(c1)BC(N(C(C)C)C(C)C)=N2. The number of carbonyl (C=O) groups is 1. The van der Waals surface area contributed by atoms with Gasteiger partial charge in [-0.05, 0) is 46.1 Å². The molecule has 0 atom stereocenters. The van der Waals surface area contributed by atoms with Crippen LogP contribution in [0.1, 0.15) is 45.0 Å². The summed E-state index contributed by atoms with van der Waals surface area (Å²) in [6.45, 7) is 10.8. The second kappa shape index (κ2) is 6.29. The van der Waals surface area contributed by atoms with E-state index in [-0.39, 0.29) is 5.97 Å². The standard InChI is InChI=1S/C15H22BN3O2/c1-6-21-14(20)11-7-12-13(17-8-11)18-15(16-12)19(9(2)3)10(4)5/h7-10,16H,6H2,1-5H3. The lowest BCUT2D eigenvalue weighted by Gasteiger charge is -2.32. The molecule has 21 heavy (non-hydrogen) atoms. The fourth-order valence-electron chi connectivity index (χ4n) is 2.73. The maximum atomic E-state index is 11.8. The lowest BCUT2D eigenvalue weighted by molar-refractivity contribution is 0.0526. The molecule has 0 amide bonds. The Balaban J connectivity index is 2.22. The van der Waals surface area contributed by atoms with E-state index in [1.165, 1.54) is 0 Å². The summed E-state index contributed by atoms with van der Waals surface area (Å²) in [4.78, 5) is 23.0. The Morgan fingerprint density at radius 3 is 2.57 bits per heavy atom. The lowest BCUT2D eigenvalue weighted by atomic mass is 9.69. The van der Waals surface area contributed by atoms with E-state index in [0.29, 0.717) is 37.4 Å². The van der Waals surface area contributed by atoms with E-state index >= 15 is 0 Å². The molecule has 0 unspecified atom stereocenters. The average Bonchev–Trinajstić information content (AvgIpc) is 2.79. The van der Waals surface area contributed by atoms with Crippen molar-refractivity contribution in [2.75, 3.05) is 6.61 Å². The molecular weight excluding hydrogens is 265 g/mol. The Bertz CT molecular complexity index is 562. The van der Waals surface area contributed by atoms with Crippen molar-refractivity contribution in [3.63, 3.8) is 0 Å². The third kappa shape index (κ3) is 3.25. The lowest BCUT2D eigenvalue weighted by Crippen LogP contribution is -2.45. The molecular formula is C15H22BN3O2. The summed E-state index contributed by atoms with van der Waals surface area (Å²) < 4.78 is 5.01. The normalized spacial score (nSPS) is 13.0. The van der Waals surface area contributed by atoms with Crippen LogP contribution in [-0.2, 0) is 4.74 Å². The number of hydrogen-bond acceptors (Lipinski definition) is 5. The maximum Gasteiger partial charge on any atom is 0.339 e. The summed E-state index contributed by atoms with van der Waals surface area (Å²) in [5.41, 5.74) is 2.50. The highest BCUT2D eigenvalue weighted by Gasteiger charge is 2.26. The molecule has 0 saturated carbocycles. The van der Waals surface area contributed by atoms with Gasteiger partial charge in [-0.3, -0.25) is 0 Å². The number of amidine groups is 1. The first-order chi connectivity index (χ1) is 9.93. The Morgan fingerprint density at radius 1 is 1.33 bits per heavy atom. The van der Waals surface area contributed by atoms with Crippen molar-refractivity contribution >= 4 is 30.3 Å². The van der Waals surface area contributed by atoms with E-state index in [9.17, 15) is 4.79 Å². The fraction of sp³-hybridized carbons (Fsp3) is 0.533. The number of aromatic nitrogens is 1. The minimum atomic E-state index is -0.328. The number of ether oxygens (including phenoxy) is 1. The second-order valence-electron chi connectivity index (χ2n) is 5.73. The van der Waals surface area contributed by atoms with Gasteiger partial charge in [-0.1, -0.05) is 0 Å². The van der Waals surface area contributed by atoms with Gasteiger partial charge in [0.15, 0.2) is 0 Å². The first-order valence-electron chi connectivity index (χ1n) is 7.46. The summed E-state index contributed by atoms with van der Waals surface area (Å²) in [6.07, 6.45) is 1.54. The Labute approximate surface area is 126 Å². The van der Waals surface area contributed by atoms with Gasteiger partial charge < -0.3 is 9.64 Å². The highest BCUT2D eigenvalue weighted by atomic mass is 16.5. The van der Waals surface area contributed by atoms with Gasteiger partial charge in [0.1, 0.15) is 5.82 Å². The third-order valence-corrected chi connectivity index (χ3v) is 3.45. The molecule has 0 N–H and O–H groups in total. The van der Waals surface area contributed by atoms with Crippen LogP contribution < -0.4 is 5.46 Å². The van der Waals surface area contributed by atoms with E-state index in [1.54, 1.807) is 13.1 Å². The largest absolute Gasteiger partial charge is 0.462 e. The van der Waals surface area contributed by atoms with Gasteiger partial charge in [-0.25, -0.2) is 14.8 Å². The molecule has 1 aliphatic rings. The van der Waals surface area contributed by atoms with Crippen LogP contribution in [0.2, 0.25) is 0 Å². The van der Waals surface area contributed by atoms with Crippen molar-refractivity contribution in [3.05, 3.63) is 17.8 Å². The molecule has 112 valence electrons. The molecule has 2 rings (SSSR count). The minimum Gasteiger partial charge on any atom is -0.462 e. The Kier molecular flexibility index (Phi) is 4.65. The van der Waals surface area contributed by atoms with Gasteiger partial charge in [0, 0.05) is 18.3 Å². The predicted molar refractivity (Wildman–Crippen MR) is 86.2 cm³/mol. The molecule has 0 radical (unpaired) electrons. The number of esters is 1. The van der Waals surface area contributed by atoms with Crippen molar-refractivity contribution in [2.24, 2.45) is 4.99 Å². The van der Waals surface area contributed by atoms with Crippen molar-refractivity contribution < 1.29 is 9.53 Å². The van der Waals surface area contributed by atoms with E-state index in [0.717, 1.165) is 11.2 Å². The van der Waals surface area contributed by atoms with Gasteiger partial charge in [0.2, 0.25) is 7.28 Å². The van der Waals surface area contributed by atoms with Gasteiger partial charge in [-0.2, -0.15) is 0 Å². The van der Waals surface area contributed by atoms with Gasteiger partial charge in [0.05, 0.1) is 17.9 Å². The second-order valence-corrected chi connectivity index (χ2v) is 5.73. The van der Waals surface area contributed by atoms with Gasteiger partial charge in [-0.15, -0.1) is 0 Å². The smallest absolute Gasteiger partial charge is 0.339 e. The molecule has 2 heterocycles.